The number of aliphatic carboxylic acids is 1. The predicted octanol–water partition coefficient (Wildman–Crippen LogP) is 0.323. The Hall–Kier alpha value is -3.17. The normalized spacial score (nSPS) is 20.6. The lowest BCUT2D eigenvalue weighted by Crippen LogP contribution is -2.71. The Morgan fingerprint density at radius 1 is 1.44 bits per heavy atom. The number of nitrogens with zero attached hydrogens (tertiary/aromatic N) is 5. The van der Waals surface area contributed by atoms with Crippen molar-refractivity contribution in [3.05, 3.63) is 45.7 Å². The maximum absolute atomic E-state index is 12.8. The molecule has 2 aliphatic heterocycles. The molecule has 2 aliphatic rings. The second kappa shape index (κ2) is 9.13. The highest BCUT2D eigenvalue weighted by molar-refractivity contribution is 8.05. The van der Waals surface area contributed by atoms with E-state index in [4.69, 9.17) is 5.73 Å². The van der Waals surface area contributed by atoms with Gasteiger partial charge in [-0.05, 0) is 12.1 Å². The number of aromatic nitrogens is 3. The van der Waals surface area contributed by atoms with Gasteiger partial charge >= 0.3 is 5.97 Å². The first-order chi connectivity index (χ1) is 15.4. The van der Waals surface area contributed by atoms with E-state index in [9.17, 15) is 24.7 Å². The summed E-state index contributed by atoms with van der Waals surface area (Å²) in [5.41, 5.74) is 5.79. The summed E-state index contributed by atoms with van der Waals surface area (Å²) >= 11 is 3.66. The Morgan fingerprint density at radius 3 is 2.88 bits per heavy atom. The van der Waals surface area contributed by atoms with Gasteiger partial charge in [0.2, 0.25) is 0 Å². The highest BCUT2D eigenvalue weighted by atomic mass is 32.2. The molecule has 2 aromatic heterocycles. The maximum atomic E-state index is 12.8. The van der Waals surface area contributed by atoms with Gasteiger partial charge in [-0.25, -0.2) is 9.78 Å². The number of nitrogens with two attached hydrogens (primary N) is 1. The zero-order chi connectivity index (χ0) is 22.8. The molecule has 1 fully saturated rings. The van der Waals surface area contributed by atoms with Gasteiger partial charge < -0.3 is 21.4 Å². The zero-order valence-electron chi connectivity index (χ0n) is 16.0. The van der Waals surface area contributed by atoms with E-state index in [1.54, 1.807) is 18.3 Å². The number of rotatable bonds is 7. The molecular formula is C17H15N7O5S3. The number of hydrogen-bond acceptors (Lipinski definition) is 12. The molecule has 12 nitrogen and oxygen atoms in total. The van der Waals surface area contributed by atoms with Crippen LogP contribution in [0.3, 0.4) is 0 Å². The van der Waals surface area contributed by atoms with Crippen molar-refractivity contribution >= 4 is 63.5 Å². The topological polar surface area (TPSA) is 184 Å². The van der Waals surface area contributed by atoms with Crippen LogP contribution in [0.2, 0.25) is 0 Å². The zero-order valence-corrected chi connectivity index (χ0v) is 18.5. The first kappa shape index (κ1) is 22.0. The van der Waals surface area contributed by atoms with E-state index in [1.165, 1.54) is 28.9 Å². The minimum absolute atomic E-state index is 0.0706. The van der Waals surface area contributed by atoms with Gasteiger partial charge in [0, 0.05) is 28.0 Å². The lowest BCUT2D eigenvalue weighted by atomic mass is 10.0. The minimum atomic E-state index is -1.23. The van der Waals surface area contributed by atoms with E-state index in [0.717, 1.165) is 16.2 Å². The number of nitrogen functional groups attached to an aromatic ring is 1. The largest absolute Gasteiger partial charge is 0.477 e. The van der Waals surface area contributed by atoms with E-state index in [1.807, 2.05) is 0 Å². The van der Waals surface area contributed by atoms with Gasteiger partial charge in [0.05, 0.1) is 5.69 Å². The number of carboxylic acids is 1. The first-order valence-electron chi connectivity index (χ1n) is 8.95. The molecule has 0 aromatic carbocycles. The number of amides is 2. The second-order valence-corrected chi connectivity index (χ2v) is 9.53. The standard InChI is InChI=1S/C17H15N7O5S3/c18-17-20-8(5-32-17)10(23-29)13(25)21-11-14(26)24-12(16(27)28)9(6-31-15(11)24)30-4-7-2-1-3-19-22-7/h1-3,5,11,15,29H,4,6H2,(H2,18,20)(H,21,25)(H,27,28)/b23-10-/t11-,15+/m1/s1. The Kier molecular flexibility index (Phi) is 6.29. The van der Waals surface area contributed by atoms with Crippen LogP contribution in [-0.4, -0.2) is 71.1 Å². The van der Waals surface area contributed by atoms with E-state index < -0.39 is 29.2 Å². The number of carbonyl (C=O) groups is 3. The molecular weight excluding hydrogens is 478 g/mol. The molecule has 0 unspecified atom stereocenters. The van der Waals surface area contributed by atoms with Crippen LogP contribution >= 0.6 is 34.9 Å². The van der Waals surface area contributed by atoms with Crippen LogP contribution in [0.4, 0.5) is 5.13 Å². The van der Waals surface area contributed by atoms with Gasteiger partial charge in [0.25, 0.3) is 11.8 Å². The molecule has 2 amide bonds. The molecule has 166 valence electrons. The monoisotopic (exact) mass is 493 g/mol. The molecule has 4 heterocycles. The van der Waals surface area contributed by atoms with E-state index in [-0.39, 0.29) is 22.2 Å². The Morgan fingerprint density at radius 2 is 2.25 bits per heavy atom. The SMILES string of the molecule is Nc1nc(/C(=N/O)C(=O)N[C@@H]2C(=O)N3C(C(=O)O)=C(SCc4cccnn4)CS[C@@H]23)cs1. The highest BCUT2D eigenvalue weighted by Crippen LogP contribution is 2.43. The predicted molar refractivity (Wildman–Crippen MR) is 118 cm³/mol. The average Bonchev–Trinajstić information content (AvgIpc) is 3.22. The summed E-state index contributed by atoms with van der Waals surface area (Å²) in [7, 11) is 0. The summed E-state index contributed by atoms with van der Waals surface area (Å²) in [4.78, 5) is 42.8. The summed E-state index contributed by atoms with van der Waals surface area (Å²) in [5.74, 6) is -1.87. The fourth-order valence-corrected chi connectivity index (χ4v) is 6.17. The summed E-state index contributed by atoms with van der Waals surface area (Å²) in [5, 5.41) is 33.2. The van der Waals surface area contributed by atoms with Gasteiger partial charge in [0.15, 0.2) is 10.8 Å². The van der Waals surface area contributed by atoms with Crippen molar-refractivity contribution in [2.24, 2.45) is 5.16 Å². The third-order valence-electron chi connectivity index (χ3n) is 4.52. The smallest absolute Gasteiger partial charge is 0.353 e. The van der Waals surface area contributed by atoms with Crippen LogP contribution in [0.1, 0.15) is 11.4 Å². The fourth-order valence-electron chi connectivity index (χ4n) is 3.09. The molecule has 0 spiro atoms. The van der Waals surface area contributed by atoms with Crippen LogP contribution in [0, 0.1) is 0 Å². The van der Waals surface area contributed by atoms with Crippen LogP contribution in [-0.2, 0) is 20.1 Å². The van der Waals surface area contributed by atoms with E-state index in [2.05, 4.69) is 25.7 Å². The average molecular weight is 494 g/mol. The van der Waals surface area contributed by atoms with Crippen molar-refractivity contribution in [3.63, 3.8) is 0 Å². The number of oxime groups is 1. The summed E-state index contributed by atoms with van der Waals surface area (Å²) in [6.07, 6.45) is 1.54. The third kappa shape index (κ3) is 4.13. The van der Waals surface area contributed by atoms with Crippen LogP contribution in [0.15, 0.2) is 39.5 Å². The molecule has 0 aliphatic carbocycles. The Balaban J connectivity index is 1.48. The molecule has 4 rings (SSSR count). The van der Waals surface area contributed by atoms with Gasteiger partial charge in [-0.2, -0.15) is 10.2 Å². The van der Waals surface area contributed by atoms with E-state index in [0.29, 0.717) is 22.1 Å². The number of carboxylic acid groups (broad SMARTS) is 1. The molecule has 1 saturated heterocycles. The molecule has 0 radical (unpaired) electrons. The molecule has 2 aromatic rings. The minimum Gasteiger partial charge on any atom is -0.477 e. The van der Waals surface area contributed by atoms with Crippen molar-refractivity contribution in [2.45, 2.75) is 17.2 Å². The number of hydrogen-bond donors (Lipinski definition) is 4. The summed E-state index contributed by atoms with van der Waals surface area (Å²) < 4.78 is 0. The number of anilines is 1. The number of thioether (sulfide) groups is 2. The van der Waals surface area contributed by atoms with Crippen LogP contribution < -0.4 is 11.1 Å². The van der Waals surface area contributed by atoms with Crippen molar-refractivity contribution in [1.29, 1.82) is 0 Å². The van der Waals surface area contributed by atoms with E-state index >= 15 is 0 Å². The Labute approximate surface area is 193 Å². The van der Waals surface area contributed by atoms with Crippen LogP contribution in [0.25, 0.3) is 0 Å². The molecule has 0 saturated carbocycles. The lowest BCUT2D eigenvalue weighted by Gasteiger charge is -2.49. The number of β-lactam (4-membered cyclic amide) rings is 1. The van der Waals surface area contributed by atoms with Crippen molar-refractivity contribution in [2.75, 3.05) is 11.5 Å². The quantitative estimate of drug-likeness (QED) is 0.180. The van der Waals surface area contributed by atoms with Crippen molar-refractivity contribution in [1.82, 2.24) is 25.4 Å². The maximum Gasteiger partial charge on any atom is 0.353 e. The highest BCUT2D eigenvalue weighted by Gasteiger charge is 2.54. The van der Waals surface area contributed by atoms with Crippen LogP contribution in [0.5, 0.6) is 0 Å². The fraction of sp³-hybridized carbons (Fsp3) is 0.235. The van der Waals surface area contributed by atoms with Gasteiger partial charge in [-0.3, -0.25) is 14.5 Å². The summed E-state index contributed by atoms with van der Waals surface area (Å²) in [6, 6.07) is 2.54. The molecule has 15 heteroatoms. The molecule has 0 bridgehead atoms. The number of carbonyl (C=O) groups excluding carboxylic acids is 2. The lowest BCUT2D eigenvalue weighted by molar-refractivity contribution is -0.150. The van der Waals surface area contributed by atoms with Gasteiger partial charge in [-0.15, -0.1) is 34.9 Å². The number of fused-ring (bicyclic) bond motifs is 1. The number of nitrogens with one attached hydrogen (secondary N) is 1. The van der Waals surface area contributed by atoms with Gasteiger partial charge in [-0.1, -0.05) is 5.16 Å². The van der Waals surface area contributed by atoms with Crippen molar-refractivity contribution in [3.8, 4) is 0 Å². The first-order valence-corrected chi connectivity index (χ1v) is 11.9. The van der Waals surface area contributed by atoms with Crippen molar-refractivity contribution < 1.29 is 24.7 Å². The molecule has 32 heavy (non-hydrogen) atoms. The number of thiazole rings is 1. The summed E-state index contributed by atoms with van der Waals surface area (Å²) in [6.45, 7) is 0. The second-order valence-electron chi connectivity index (χ2n) is 6.46. The van der Waals surface area contributed by atoms with Gasteiger partial charge in [0.1, 0.15) is 22.8 Å². The molecule has 2 atom stereocenters. The Bertz CT molecular complexity index is 1140. The molecule has 5 N–H and O–H groups in total. The third-order valence-corrected chi connectivity index (χ3v) is 7.79.